The second kappa shape index (κ2) is 9.24. The lowest BCUT2D eigenvalue weighted by Crippen LogP contribution is -2.34. The molecule has 128 valence electrons. The van der Waals surface area contributed by atoms with Gasteiger partial charge in [0.15, 0.2) is 0 Å². The predicted octanol–water partition coefficient (Wildman–Crippen LogP) is 2.18. The number of ether oxygens (including phenoxy) is 1. The molecule has 1 aromatic carbocycles. The van der Waals surface area contributed by atoms with Crippen LogP contribution >= 0.6 is 0 Å². The normalized spacial score (nSPS) is 12.3. The number of aryl methyl sites for hydroxylation is 1. The second-order valence-corrected chi connectivity index (χ2v) is 5.78. The SMILES string of the molecule is C#CCOCC(O)CN(Cc1ccc(F)cc1)Cc1cccn1C. The molecule has 0 saturated heterocycles. The van der Waals surface area contributed by atoms with Crippen molar-refractivity contribution in [1.82, 2.24) is 9.47 Å². The molecular formula is C19H23FN2O2. The minimum Gasteiger partial charge on any atom is -0.389 e. The van der Waals surface area contributed by atoms with E-state index in [0.717, 1.165) is 11.3 Å². The highest BCUT2D eigenvalue weighted by Crippen LogP contribution is 2.12. The molecule has 0 spiro atoms. The molecular weight excluding hydrogens is 307 g/mol. The fourth-order valence-electron chi connectivity index (χ4n) is 2.53. The van der Waals surface area contributed by atoms with Crippen LogP contribution in [-0.2, 0) is 24.9 Å². The van der Waals surface area contributed by atoms with Gasteiger partial charge in [-0.05, 0) is 29.8 Å². The van der Waals surface area contributed by atoms with Crippen LogP contribution in [-0.4, -0.2) is 40.4 Å². The molecule has 1 aromatic heterocycles. The lowest BCUT2D eigenvalue weighted by atomic mass is 10.2. The maximum Gasteiger partial charge on any atom is 0.123 e. The van der Waals surface area contributed by atoms with Crippen molar-refractivity contribution in [3.05, 3.63) is 59.7 Å². The zero-order valence-corrected chi connectivity index (χ0v) is 13.9. The van der Waals surface area contributed by atoms with Gasteiger partial charge < -0.3 is 14.4 Å². The van der Waals surface area contributed by atoms with Gasteiger partial charge >= 0.3 is 0 Å². The first kappa shape index (κ1) is 18.2. The Morgan fingerprint density at radius 1 is 1.29 bits per heavy atom. The van der Waals surface area contributed by atoms with E-state index >= 15 is 0 Å². The molecule has 1 unspecified atom stereocenters. The van der Waals surface area contributed by atoms with Gasteiger partial charge in [-0.2, -0.15) is 0 Å². The smallest absolute Gasteiger partial charge is 0.123 e. The number of hydrogen-bond acceptors (Lipinski definition) is 3. The average molecular weight is 330 g/mol. The lowest BCUT2D eigenvalue weighted by molar-refractivity contribution is 0.0239. The maximum absolute atomic E-state index is 13.1. The first-order valence-corrected chi connectivity index (χ1v) is 7.84. The van der Waals surface area contributed by atoms with E-state index in [1.807, 2.05) is 29.9 Å². The zero-order chi connectivity index (χ0) is 17.4. The van der Waals surface area contributed by atoms with Crippen molar-refractivity contribution in [2.75, 3.05) is 19.8 Å². The molecule has 1 N–H and O–H groups in total. The molecule has 1 heterocycles. The predicted molar refractivity (Wildman–Crippen MR) is 91.6 cm³/mol. The van der Waals surface area contributed by atoms with E-state index in [1.54, 1.807) is 12.1 Å². The Hall–Kier alpha value is -2.13. The van der Waals surface area contributed by atoms with Crippen LogP contribution in [0.2, 0.25) is 0 Å². The summed E-state index contributed by atoms with van der Waals surface area (Å²) < 4.78 is 20.3. The number of nitrogens with zero attached hydrogens (tertiary/aromatic N) is 2. The molecule has 0 bridgehead atoms. The first-order chi connectivity index (χ1) is 11.6. The average Bonchev–Trinajstić information content (AvgIpc) is 2.95. The summed E-state index contributed by atoms with van der Waals surface area (Å²) in [5.41, 5.74) is 2.12. The van der Waals surface area contributed by atoms with E-state index in [2.05, 4.69) is 10.8 Å². The van der Waals surface area contributed by atoms with Gasteiger partial charge in [0, 0.05) is 38.6 Å². The molecule has 0 aliphatic heterocycles. The summed E-state index contributed by atoms with van der Waals surface area (Å²) in [6.45, 7) is 2.10. The van der Waals surface area contributed by atoms with Crippen LogP contribution < -0.4 is 0 Å². The van der Waals surface area contributed by atoms with Crippen molar-refractivity contribution < 1.29 is 14.2 Å². The minimum atomic E-state index is -0.640. The Kier molecular flexibility index (Phi) is 7.01. The summed E-state index contributed by atoms with van der Waals surface area (Å²) in [5.74, 6) is 2.13. The van der Waals surface area contributed by atoms with Crippen LogP contribution in [0.25, 0.3) is 0 Å². The van der Waals surface area contributed by atoms with E-state index in [0.29, 0.717) is 19.6 Å². The molecule has 0 radical (unpaired) electrons. The molecule has 0 aliphatic rings. The highest BCUT2D eigenvalue weighted by atomic mass is 19.1. The molecule has 5 heteroatoms. The first-order valence-electron chi connectivity index (χ1n) is 7.84. The van der Waals surface area contributed by atoms with Gasteiger partial charge in [0.2, 0.25) is 0 Å². The van der Waals surface area contributed by atoms with Crippen LogP contribution in [0.1, 0.15) is 11.3 Å². The number of aliphatic hydroxyl groups is 1. The zero-order valence-electron chi connectivity index (χ0n) is 13.9. The summed E-state index contributed by atoms with van der Waals surface area (Å²) in [7, 11) is 1.98. The number of aliphatic hydroxyl groups excluding tert-OH is 1. The van der Waals surface area contributed by atoms with Gasteiger partial charge in [0.05, 0.1) is 12.7 Å². The van der Waals surface area contributed by atoms with Gasteiger partial charge in [-0.25, -0.2) is 4.39 Å². The molecule has 1 atom stereocenters. The van der Waals surface area contributed by atoms with Gasteiger partial charge in [-0.15, -0.1) is 6.42 Å². The maximum atomic E-state index is 13.1. The van der Waals surface area contributed by atoms with Gasteiger partial charge in [-0.3, -0.25) is 4.90 Å². The van der Waals surface area contributed by atoms with Crippen molar-refractivity contribution in [3.8, 4) is 12.3 Å². The van der Waals surface area contributed by atoms with Crippen LogP contribution in [0.4, 0.5) is 4.39 Å². The van der Waals surface area contributed by atoms with Crippen molar-refractivity contribution >= 4 is 0 Å². The molecule has 0 saturated carbocycles. The third-order valence-electron chi connectivity index (χ3n) is 3.72. The van der Waals surface area contributed by atoms with Gasteiger partial charge in [0.25, 0.3) is 0 Å². The van der Waals surface area contributed by atoms with E-state index in [9.17, 15) is 9.50 Å². The standard InChI is InChI=1S/C19H23FN2O2/c1-3-11-24-15-19(23)14-22(13-18-5-4-10-21(18)2)12-16-6-8-17(20)9-7-16/h1,4-10,19,23H,11-15H2,2H3. The summed E-state index contributed by atoms with van der Waals surface area (Å²) in [6, 6.07) is 10.4. The Balaban J connectivity index is 2.01. The second-order valence-electron chi connectivity index (χ2n) is 5.78. The molecule has 2 aromatic rings. The molecule has 0 amide bonds. The Morgan fingerprint density at radius 2 is 2.04 bits per heavy atom. The van der Waals surface area contributed by atoms with Gasteiger partial charge in [-0.1, -0.05) is 18.1 Å². The number of benzene rings is 1. The van der Waals surface area contributed by atoms with Crippen molar-refractivity contribution in [3.63, 3.8) is 0 Å². The lowest BCUT2D eigenvalue weighted by Gasteiger charge is -2.25. The van der Waals surface area contributed by atoms with Crippen LogP contribution in [0.15, 0.2) is 42.6 Å². The Morgan fingerprint density at radius 3 is 2.67 bits per heavy atom. The van der Waals surface area contributed by atoms with E-state index in [-0.39, 0.29) is 19.0 Å². The largest absolute Gasteiger partial charge is 0.389 e. The minimum absolute atomic E-state index is 0.187. The number of terminal acetylenes is 1. The number of rotatable bonds is 9. The number of halogens is 1. The van der Waals surface area contributed by atoms with E-state index < -0.39 is 6.10 Å². The summed E-state index contributed by atoms with van der Waals surface area (Å²) in [6.07, 6.45) is 6.48. The number of hydrogen-bond donors (Lipinski definition) is 1. The van der Waals surface area contributed by atoms with E-state index in [4.69, 9.17) is 11.2 Å². The molecule has 4 nitrogen and oxygen atoms in total. The third-order valence-corrected chi connectivity index (χ3v) is 3.72. The number of aromatic nitrogens is 1. The molecule has 0 fully saturated rings. The highest BCUT2D eigenvalue weighted by Gasteiger charge is 2.14. The van der Waals surface area contributed by atoms with Crippen LogP contribution in [0.3, 0.4) is 0 Å². The fourth-order valence-corrected chi connectivity index (χ4v) is 2.53. The highest BCUT2D eigenvalue weighted by molar-refractivity contribution is 5.16. The van der Waals surface area contributed by atoms with Crippen molar-refractivity contribution in [2.45, 2.75) is 19.2 Å². The quantitative estimate of drug-likeness (QED) is 0.566. The summed E-state index contributed by atoms with van der Waals surface area (Å²) in [4.78, 5) is 2.10. The van der Waals surface area contributed by atoms with Crippen molar-refractivity contribution in [2.24, 2.45) is 7.05 Å². The van der Waals surface area contributed by atoms with Crippen LogP contribution in [0, 0.1) is 18.2 Å². The van der Waals surface area contributed by atoms with Crippen LogP contribution in [0.5, 0.6) is 0 Å². The topological polar surface area (TPSA) is 37.6 Å². The van der Waals surface area contributed by atoms with Gasteiger partial charge in [0.1, 0.15) is 12.4 Å². The molecule has 24 heavy (non-hydrogen) atoms. The summed E-state index contributed by atoms with van der Waals surface area (Å²) >= 11 is 0. The monoisotopic (exact) mass is 330 g/mol. The molecule has 2 rings (SSSR count). The third kappa shape index (κ3) is 5.82. The fraction of sp³-hybridized carbons (Fsp3) is 0.368. The Bertz CT molecular complexity index is 661. The Labute approximate surface area is 142 Å². The summed E-state index contributed by atoms with van der Waals surface area (Å²) in [5, 5.41) is 10.2. The van der Waals surface area contributed by atoms with Crippen molar-refractivity contribution in [1.29, 1.82) is 0 Å². The molecule has 0 aliphatic carbocycles. The van der Waals surface area contributed by atoms with E-state index in [1.165, 1.54) is 12.1 Å².